The van der Waals surface area contributed by atoms with Gasteiger partial charge in [0.2, 0.25) is 0 Å². The van der Waals surface area contributed by atoms with Crippen molar-refractivity contribution in [1.29, 1.82) is 0 Å². The highest BCUT2D eigenvalue weighted by Crippen LogP contribution is 2.42. The maximum Gasteiger partial charge on any atom is 0.305 e. The lowest BCUT2D eigenvalue weighted by molar-refractivity contribution is -0.143. The maximum absolute atomic E-state index is 13.8. The number of β-amino-alcohol motifs (C(OH)–C–C–N with tert-alkyl or cyclic N) is 1. The van der Waals surface area contributed by atoms with Crippen molar-refractivity contribution in [2.75, 3.05) is 36.1 Å². The van der Waals surface area contributed by atoms with Gasteiger partial charge in [0, 0.05) is 48.3 Å². The van der Waals surface area contributed by atoms with Crippen LogP contribution in [-0.2, 0) is 19.1 Å². The summed E-state index contributed by atoms with van der Waals surface area (Å²) in [5.74, 6) is 0.387. The smallest absolute Gasteiger partial charge is 0.305 e. The van der Waals surface area contributed by atoms with E-state index in [2.05, 4.69) is 27.7 Å². The molecule has 2 aromatic carbocycles. The first-order valence-electron chi connectivity index (χ1n) is 23.0. The Balaban J connectivity index is 0.000000236. The zero-order valence-electron chi connectivity index (χ0n) is 39.2. The SMILES string of the molecule is CCC(=O)OCCN1C(=O)C(C)(C)Oc2cc(C)c(C(=O)N(C(C)C)C3CCCCC3)cc21.Cc1cc2c(cc1C(=O)N(C(C)C)C1CCCCC1)N(CCO)C(=O)C(C)(C)O2. The Morgan fingerprint density at radius 2 is 1.08 bits per heavy atom. The standard InChI is InChI=1S/C26H38N2O5.C23H34N2O4/c1-7-23(29)32-14-13-27-21-16-20(18(4)15-22(21)33-26(5,6)25(27)31)24(30)28(17(2)3)19-11-9-8-10-12-19;1-15(2)25(17-9-7-6-8-10-17)21(27)18-14-19-20(13-16(18)3)29-23(4,5)22(28)24(19)11-12-26/h15-17,19H,7-14H2,1-6H3;13-15,17,26H,6-12H2,1-5H3. The summed E-state index contributed by atoms with van der Waals surface area (Å²) in [6.45, 7) is 21.0. The van der Waals surface area contributed by atoms with Crippen LogP contribution in [0.2, 0.25) is 0 Å². The van der Waals surface area contributed by atoms with Crippen molar-refractivity contribution in [3.8, 4) is 11.5 Å². The molecule has 0 saturated heterocycles. The van der Waals surface area contributed by atoms with E-state index in [-0.39, 0.29) is 86.5 Å². The molecule has 4 amide bonds. The Hall–Kier alpha value is -4.65. The maximum atomic E-state index is 13.8. The van der Waals surface area contributed by atoms with E-state index in [1.165, 1.54) is 17.7 Å². The van der Waals surface area contributed by atoms with Crippen molar-refractivity contribution in [1.82, 2.24) is 9.80 Å². The molecule has 2 aliphatic carbocycles. The molecule has 62 heavy (non-hydrogen) atoms. The van der Waals surface area contributed by atoms with E-state index in [4.69, 9.17) is 14.2 Å². The van der Waals surface area contributed by atoms with Gasteiger partial charge in [-0.1, -0.05) is 45.4 Å². The van der Waals surface area contributed by atoms with E-state index in [9.17, 15) is 29.1 Å². The molecule has 1 N–H and O–H groups in total. The van der Waals surface area contributed by atoms with E-state index in [1.807, 2.05) is 35.8 Å². The normalized spacial score (nSPS) is 18.5. The molecule has 13 nitrogen and oxygen atoms in total. The Kier molecular flexibility index (Phi) is 15.8. The van der Waals surface area contributed by atoms with Crippen LogP contribution in [0.15, 0.2) is 24.3 Å². The van der Waals surface area contributed by atoms with E-state index >= 15 is 0 Å². The molecular formula is C49H72N4O9. The predicted molar refractivity (Wildman–Crippen MR) is 241 cm³/mol. The largest absolute Gasteiger partial charge is 0.476 e. The number of ether oxygens (including phenoxy) is 3. The third kappa shape index (κ3) is 10.6. The van der Waals surface area contributed by atoms with Gasteiger partial charge in [-0.05, 0) is 130 Å². The van der Waals surface area contributed by atoms with Crippen LogP contribution in [0.25, 0.3) is 0 Å². The number of hydrogen-bond donors (Lipinski definition) is 1. The lowest BCUT2D eigenvalue weighted by atomic mass is 9.92. The van der Waals surface area contributed by atoms with Crippen LogP contribution in [0.5, 0.6) is 11.5 Å². The third-order valence-corrected chi connectivity index (χ3v) is 12.6. The second-order valence-corrected chi connectivity index (χ2v) is 18.9. The fraction of sp³-hybridized carbons (Fsp3) is 0.653. The summed E-state index contributed by atoms with van der Waals surface area (Å²) in [5.41, 5.74) is 1.89. The molecule has 2 aliphatic heterocycles. The quantitative estimate of drug-likeness (QED) is 0.208. The summed E-state index contributed by atoms with van der Waals surface area (Å²) in [4.78, 5) is 72.1. The van der Waals surface area contributed by atoms with Crippen LogP contribution in [0.3, 0.4) is 0 Å². The van der Waals surface area contributed by atoms with Gasteiger partial charge in [-0.3, -0.25) is 24.0 Å². The van der Waals surface area contributed by atoms with Gasteiger partial charge in [0.25, 0.3) is 23.6 Å². The number of rotatable bonds is 12. The molecule has 2 heterocycles. The van der Waals surface area contributed by atoms with E-state index in [0.29, 0.717) is 34.0 Å². The molecule has 0 bridgehead atoms. The Labute approximate surface area is 369 Å². The molecule has 0 spiro atoms. The highest BCUT2D eigenvalue weighted by molar-refractivity contribution is 6.06. The van der Waals surface area contributed by atoms with Gasteiger partial charge in [0.05, 0.1) is 24.5 Å². The minimum atomic E-state index is -1.05. The van der Waals surface area contributed by atoms with E-state index in [0.717, 1.165) is 62.5 Å². The Bertz CT molecular complexity index is 1960. The Morgan fingerprint density at radius 1 is 0.694 bits per heavy atom. The molecule has 6 rings (SSSR count). The molecule has 2 fully saturated rings. The van der Waals surface area contributed by atoms with Crippen molar-refractivity contribution in [3.63, 3.8) is 0 Å². The van der Waals surface area contributed by atoms with Crippen molar-refractivity contribution in [2.24, 2.45) is 0 Å². The highest BCUT2D eigenvalue weighted by atomic mass is 16.5. The number of esters is 1. The van der Waals surface area contributed by atoms with Gasteiger partial charge in [-0.2, -0.15) is 0 Å². The lowest BCUT2D eigenvalue weighted by Crippen LogP contribution is -2.53. The summed E-state index contributed by atoms with van der Waals surface area (Å²) in [6, 6.07) is 7.93. The number of fused-ring (bicyclic) bond motifs is 2. The number of anilines is 2. The molecular weight excluding hydrogens is 789 g/mol. The van der Waals surface area contributed by atoms with Gasteiger partial charge >= 0.3 is 5.97 Å². The molecule has 2 saturated carbocycles. The first-order valence-corrected chi connectivity index (χ1v) is 23.0. The average Bonchev–Trinajstić information content (AvgIpc) is 3.21. The highest BCUT2D eigenvalue weighted by Gasteiger charge is 2.43. The topological polar surface area (TPSA) is 146 Å². The van der Waals surface area contributed by atoms with Crippen molar-refractivity contribution in [3.05, 3.63) is 46.5 Å². The zero-order valence-corrected chi connectivity index (χ0v) is 39.2. The van der Waals surface area contributed by atoms with E-state index < -0.39 is 11.2 Å². The summed E-state index contributed by atoms with van der Waals surface area (Å²) in [6.07, 6.45) is 11.5. The third-order valence-electron chi connectivity index (χ3n) is 12.6. The number of aliphatic hydroxyl groups is 1. The van der Waals surface area contributed by atoms with E-state index in [1.54, 1.807) is 51.7 Å². The molecule has 0 radical (unpaired) electrons. The van der Waals surface area contributed by atoms with Gasteiger partial charge in [-0.15, -0.1) is 0 Å². The molecule has 2 aromatic rings. The second-order valence-electron chi connectivity index (χ2n) is 18.9. The number of hydrogen-bond acceptors (Lipinski definition) is 9. The number of carbonyl (C=O) groups excluding carboxylic acids is 5. The van der Waals surface area contributed by atoms with Crippen molar-refractivity contribution in [2.45, 2.75) is 182 Å². The van der Waals surface area contributed by atoms with Gasteiger partial charge in [0.15, 0.2) is 11.2 Å². The van der Waals surface area contributed by atoms with Gasteiger partial charge in [-0.25, -0.2) is 0 Å². The molecule has 4 aliphatic rings. The predicted octanol–water partition coefficient (Wildman–Crippen LogP) is 8.31. The molecule has 0 unspecified atom stereocenters. The van der Waals surface area contributed by atoms with Crippen LogP contribution >= 0.6 is 0 Å². The average molecular weight is 861 g/mol. The first-order chi connectivity index (χ1) is 29.2. The number of carbonyl (C=O) groups is 5. The fourth-order valence-electron chi connectivity index (χ4n) is 9.43. The number of aliphatic hydroxyl groups excluding tert-OH is 1. The number of amides is 4. The molecule has 0 aromatic heterocycles. The molecule has 13 heteroatoms. The number of aryl methyl sites for hydroxylation is 2. The molecule has 0 atom stereocenters. The summed E-state index contributed by atoms with van der Waals surface area (Å²) in [7, 11) is 0. The van der Waals surface area contributed by atoms with Crippen molar-refractivity contribution < 1.29 is 43.3 Å². The number of benzene rings is 2. The van der Waals surface area contributed by atoms with Crippen LogP contribution in [-0.4, -0.2) is 106 Å². The summed E-state index contributed by atoms with van der Waals surface area (Å²) >= 11 is 0. The van der Waals surface area contributed by atoms with Crippen LogP contribution in [0.1, 0.15) is 165 Å². The number of nitrogens with zero attached hydrogens (tertiary/aromatic N) is 4. The summed E-state index contributed by atoms with van der Waals surface area (Å²) < 4.78 is 17.2. The van der Waals surface area contributed by atoms with Gasteiger partial charge < -0.3 is 38.9 Å². The minimum absolute atomic E-state index is 0.00755. The zero-order chi connectivity index (χ0) is 45.7. The second kappa shape index (κ2) is 20.2. The van der Waals surface area contributed by atoms with Crippen LogP contribution in [0.4, 0.5) is 11.4 Å². The minimum Gasteiger partial charge on any atom is -0.476 e. The Morgan fingerprint density at radius 3 is 1.44 bits per heavy atom. The van der Waals surface area contributed by atoms with Gasteiger partial charge in [0.1, 0.15) is 18.1 Å². The van der Waals surface area contributed by atoms with Crippen molar-refractivity contribution >= 4 is 41.0 Å². The lowest BCUT2D eigenvalue weighted by Gasteiger charge is -2.40. The first kappa shape index (κ1) is 48.4. The fourth-order valence-corrected chi connectivity index (χ4v) is 9.43. The monoisotopic (exact) mass is 861 g/mol. The van der Waals surface area contributed by atoms with Crippen LogP contribution < -0.4 is 19.3 Å². The summed E-state index contributed by atoms with van der Waals surface area (Å²) in [5, 5.41) is 9.49. The molecule has 342 valence electrons. The van der Waals surface area contributed by atoms with Crippen LogP contribution in [0, 0.1) is 13.8 Å².